The summed E-state index contributed by atoms with van der Waals surface area (Å²) in [7, 11) is 0. The highest BCUT2D eigenvalue weighted by Crippen LogP contribution is 1.97. The van der Waals surface area contributed by atoms with E-state index in [0.717, 1.165) is 0 Å². The van der Waals surface area contributed by atoms with Crippen LogP contribution < -0.4 is 33.3 Å². The zero-order valence-electron chi connectivity index (χ0n) is 10.1. The fourth-order valence-electron chi connectivity index (χ4n) is 1.31. The molecule has 0 aromatic carbocycles. The van der Waals surface area contributed by atoms with Crippen molar-refractivity contribution in [2.24, 2.45) is 11.5 Å². The molecular weight excluding hydrogens is 256 g/mol. The Labute approximate surface area is 106 Å². The molecule has 10 nitrogen and oxygen atoms in total. The van der Waals surface area contributed by atoms with Crippen molar-refractivity contribution in [1.82, 2.24) is 20.6 Å². The van der Waals surface area contributed by atoms with Crippen molar-refractivity contribution >= 4 is 11.9 Å². The minimum Gasteiger partial charge on any atom is -0.312 e. The number of rotatable bonds is 0. The molecular formula is C9H14N6O4. The molecule has 1 aliphatic rings. The Balaban J connectivity index is 0.000000191. The van der Waals surface area contributed by atoms with Gasteiger partial charge < -0.3 is 10.3 Å². The Kier molecular flexibility index (Phi) is 4.19. The van der Waals surface area contributed by atoms with Crippen LogP contribution in [0.3, 0.4) is 0 Å². The number of nitrogens with one attached hydrogen (secondary N) is 4. The summed E-state index contributed by atoms with van der Waals surface area (Å²) in [6.45, 7) is 1.65. The largest absolute Gasteiger partial charge is 0.325 e. The lowest BCUT2D eigenvalue weighted by molar-refractivity contribution is -0.122. The number of imide groups is 1. The second-order valence-electron chi connectivity index (χ2n) is 3.99. The van der Waals surface area contributed by atoms with Gasteiger partial charge in [0.15, 0.2) is 5.79 Å². The Morgan fingerprint density at radius 1 is 1.16 bits per heavy atom. The maximum atomic E-state index is 10.6. The number of nitrogens with two attached hydrogens (primary N) is 2. The van der Waals surface area contributed by atoms with E-state index in [0.29, 0.717) is 5.69 Å². The second kappa shape index (κ2) is 5.46. The number of hydrogen-bond acceptors (Lipinski definition) is 6. The van der Waals surface area contributed by atoms with Crippen LogP contribution in [-0.4, -0.2) is 27.7 Å². The summed E-state index contributed by atoms with van der Waals surface area (Å²) < 4.78 is 0. The van der Waals surface area contributed by atoms with Crippen molar-refractivity contribution in [3.63, 3.8) is 0 Å². The van der Waals surface area contributed by atoms with Gasteiger partial charge in [0, 0.05) is 11.8 Å². The highest BCUT2D eigenvalue weighted by molar-refractivity contribution is 5.97. The third kappa shape index (κ3) is 5.14. The van der Waals surface area contributed by atoms with E-state index in [1.165, 1.54) is 6.07 Å². The van der Waals surface area contributed by atoms with E-state index in [1.54, 1.807) is 6.92 Å². The van der Waals surface area contributed by atoms with Crippen LogP contribution in [0.25, 0.3) is 0 Å². The molecule has 0 saturated carbocycles. The molecule has 8 N–H and O–H groups in total. The fraction of sp³-hybridized carbons (Fsp3) is 0.333. The predicted molar refractivity (Wildman–Crippen MR) is 64.8 cm³/mol. The number of amides is 3. The molecule has 1 fully saturated rings. The summed E-state index contributed by atoms with van der Waals surface area (Å²) >= 11 is 0. The average Bonchev–Trinajstić information content (AvgIpc) is 2.10. The Bertz CT molecular complexity index is 555. The van der Waals surface area contributed by atoms with Crippen LogP contribution in [0.2, 0.25) is 0 Å². The van der Waals surface area contributed by atoms with E-state index in [9.17, 15) is 19.2 Å². The number of H-pyrrole nitrogens is 2. The summed E-state index contributed by atoms with van der Waals surface area (Å²) in [6.07, 6.45) is -0.0985. The van der Waals surface area contributed by atoms with E-state index in [4.69, 9.17) is 11.5 Å². The maximum absolute atomic E-state index is 10.6. The molecule has 3 amide bonds. The standard InChI is InChI=1S/C5H6N2O2.C4H8N4O2/c1-3-2-4(8)7-5(9)6-3;5-4(6)1-2(9)7-3(10)8-4/h2H,1H3,(H2,6,7,8,9);1,5-6H2,(H2,7,8,9,10). The van der Waals surface area contributed by atoms with Gasteiger partial charge in [0.05, 0.1) is 6.42 Å². The van der Waals surface area contributed by atoms with E-state index in [-0.39, 0.29) is 12.0 Å². The van der Waals surface area contributed by atoms with E-state index in [1.807, 2.05) is 10.3 Å². The van der Waals surface area contributed by atoms with Crippen molar-refractivity contribution in [3.05, 3.63) is 32.6 Å². The van der Waals surface area contributed by atoms with Crippen molar-refractivity contribution in [2.75, 3.05) is 0 Å². The van der Waals surface area contributed by atoms with Gasteiger partial charge in [-0.25, -0.2) is 9.59 Å². The van der Waals surface area contributed by atoms with Gasteiger partial charge in [0.1, 0.15) is 0 Å². The third-order valence-corrected chi connectivity index (χ3v) is 1.95. The fourth-order valence-corrected chi connectivity index (χ4v) is 1.31. The van der Waals surface area contributed by atoms with Gasteiger partial charge >= 0.3 is 11.7 Å². The van der Waals surface area contributed by atoms with Crippen molar-refractivity contribution in [2.45, 2.75) is 19.1 Å². The molecule has 19 heavy (non-hydrogen) atoms. The molecule has 1 aromatic rings. The minimum atomic E-state index is -1.39. The van der Waals surface area contributed by atoms with Gasteiger partial charge in [-0.3, -0.25) is 31.4 Å². The minimum absolute atomic E-state index is 0.0985. The van der Waals surface area contributed by atoms with E-state index < -0.39 is 23.4 Å². The SMILES string of the molecule is Cc1cc(=O)[nH]c(=O)[nH]1.NC1(N)CC(=O)NC(=O)N1. The first kappa shape index (κ1) is 14.6. The highest BCUT2D eigenvalue weighted by Gasteiger charge is 2.31. The first-order valence-electron chi connectivity index (χ1n) is 5.18. The first-order valence-corrected chi connectivity index (χ1v) is 5.18. The Morgan fingerprint density at radius 2 is 1.79 bits per heavy atom. The van der Waals surface area contributed by atoms with Gasteiger partial charge in [-0.15, -0.1) is 0 Å². The molecule has 0 aliphatic carbocycles. The lowest BCUT2D eigenvalue weighted by Gasteiger charge is -2.28. The summed E-state index contributed by atoms with van der Waals surface area (Å²) in [5.41, 5.74) is 10.2. The van der Waals surface area contributed by atoms with Gasteiger partial charge in [0.25, 0.3) is 5.56 Å². The second-order valence-corrected chi connectivity index (χ2v) is 3.99. The van der Waals surface area contributed by atoms with Crippen LogP contribution in [0.15, 0.2) is 15.7 Å². The molecule has 0 atom stereocenters. The topological polar surface area (TPSA) is 176 Å². The van der Waals surface area contributed by atoms with Crippen molar-refractivity contribution in [3.8, 4) is 0 Å². The monoisotopic (exact) mass is 270 g/mol. The lowest BCUT2D eigenvalue weighted by atomic mass is 10.2. The first-order chi connectivity index (χ1) is 8.68. The van der Waals surface area contributed by atoms with E-state index in [2.05, 4.69) is 10.3 Å². The molecule has 0 bridgehead atoms. The van der Waals surface area contributed by atoms with Gasteiger partial charge in [-0.05, 0) is 6.92 Å². The molecule has 1 aliphatic heterocycles. The predicted octanol–water partition coefficient (Wildman–Crippen LogP) is -2.84. The van der Waals surface area contributed by atoms with Crippen LogP contribution in [-0.2, 0) is 4.79 Å². The molecule has 0 spiro atoms. The Morgan fingerprint density at radius 3 is 2.21 bits per heavy atom. The molecule has 2 rings (SSSR count). The Hall–Kier alpha value is -2.46. The number of carbonyl (C=O) groups excluding carboxylic acids is 2. The summed E-state index contributed by atoms with van der Waals surface area (Å²) in [6, 6.07) is 0.669. The van der Waals surface area contributed by atoms with Crippen LogP contribution in [0.4, 0.5) is 4.79 Å². The van der Waals surface area contributed by atoms with Gasteiger partial charge in [-0.2, -0.15) is 0 Å². The molecule has 1 saturated heterocycles. The molecule has 10 heteroatoms. The molecule has 0 unspecified atom stereocenters. The average molecular weight is 270 g/mol. The highest BCUT2D eigenvalue weighted by atomic mass is 16.2. The number of aromatic amines is 2. The van der Waals surface area contributed by atoms with Crippen LogP contribution in [0.5, 0.6) is 0 Å². The molecule has 0 radical (unpaired) electrons. The van der Waals surface area contributed by atoms with Crippen LogP contribution >= 0.6 is 0 Å². The third-order valence-electron chi connectivity index (χ3n) is 1.95. The van der Waals surface area contributed by atoms with E-state index >= 15 is 0 Å². The zero-order valence-corrected chi connectivity index (χ0v) is 10.1. The van der Waals surface area contributed by atoms with Crippen molar-refractivity contribution < 1.29 is 9.59 Å². The zero-order chi connectivity index (χ0) is 14.6. The number of urea groups is 1. The molecule has 104 valence electrons. The molecule has 1 aromatic heterocycles. The summed E-state index contributed by atoms with van der Waals surface area (Å²) in [4.78, 5) is 46.3. The lowest BCUT2D eigenvalue weighted by Crippen LogP contribution is -2.70. The van der Waals surface area contributed by atoms with Crippen LogP contribution in [0.1, 0.15) is 12.1 Å². The maximum Gasteiger partial charge on any atom is 0.325 e. The quantitative estimate of drug-likeness (QED) is 0.276. The van der Waals surface area contributed by atoms with Crippen molar-refractivity contribution in [1.29, 1.82) is 0 Å². The summed E-state index contributed by atoms with van der Waals surface area (Å²) in [5.74, 6) is -1.85. The smallest absolute Gasteiger partial charge is 0.312 e. The number of hydrogen-bond donors (Lipinski definition) is 6. The van der Waals surface area contributed by atoms with Gasteiger partial charge in [-0.1, -0.05) is 0 Å². The molecule has 2 heterocycles. The number of aryl methyl sites for hydroxylation is 1. The van der Waals surface area contributed by atoms with Crippen LogP contribution in [0, 0.1) is 6.92 Å². The normalized spacial score (nSPS) is 16.8. The van der Waals surface area contributed by atoms with Gasteiger partial charge in [0.2, 0.25) is 5.91 Å². The number of carbonyl (C=O) groups is 2. The summed E-state index contributed by atoms with van der Waals surface area (Å²) in [5, 5.41) is 4.16. The number of aromatic nitrogens is 2.